The molecule has 36 heavy (non-hydrogen) atoms. The second-order valence-corrected chi connectivity index (χ2v) is 10.2. The highest BCUT2D eigenvalue weighted by atomic mass is 35.6. The van der Waals surface area contributed by atoms with Crippen LogP contribution in [0.1, 0.15) is 29.3 Å². The predicted octanol–water partition coefficient (Wildman–Crippen LogP) is 4.79. The number of hydrogen-bond acceptors (Lipinski definition) is 7. The first kappa shape index (κ1) is 27.6. The van der Waals surface area contributed by atoms with E-state index in [9.17, 15) is 19.5 Å². The van der Waals surface area contributed by atoms with Gasteiger partial charge in [0.05, 0.1) is 31.0 Å². The third-order valence-electron chi connectivity index (χ3n) is 5.13. The van der Waals surface area contributed by atoms with Crippen molar-refractivity contribution in [3.8, 4) is 11.5 Å². The Labute approximate surface area is 222 Å². The summed E-state index contributed by atoms with van der Waals surface area (Å²) in [6, 6.07) is 11.4. The molecule has 0 unspecified atom stereocenters. The summed E-state index contributed by atoms with van der Waals surface area (Å²) in [7, 11) is 1.33. The zero-order valence-electron chi connectivity index (χ0n) is 19.3. The first-order chi connectivity index (χ1) is 17.0. The molecule has 0 bridgehead atoms. The van der Waals surface area contributed by atoms with E-state index in [0.717, 1.165) is 11.1 Å². The lowest BCUT2D eigenvalue weighted by Crippen LogP contribution is -2.36. The smallest absolute Gasteiger partial charge is 0.411 e. The number of anilines is 1. The van der Waals surface area contributed by atoms with Crippen molar-refractivity contribution in [2.75, 3.05) is 25.6 Å². The molecule has 2 aromatic carbocycles. The summed E-state index contributed by atoms with van der Waals surface area (Å²) in [5.74, 6) is -1.17. The molecule has 1 aliphatic heterocycles. The Morgan fingerprint density at radius 3 is 2.42 bits per heavy atom. The quantitative estimate of drug-likeness (QED) is 0.286. The van der Waals surface area contributed by atoms with E-state index in [-0.39, 0.29) is 29.4 Å². The van der Waals surface area contributed by atoms with Gasteiger partial charge in [0, 0.05) is 19.2 Å². The second kappa shape index (κ2) is 11.8. The number of benzene rings is 2. The Hall–Kier alpha value is -2.98. The average molecular weight is 558 g/mol. The van der Waals surface area contributed by atoms with Gasteiger partial charge in [0.2, 0.25) is 3.79 Å². The number of aliphatic hydroxyl groups is 1. The maximum Gasteiger partial charge on any atom is 0.411 e. The number of carbonyl (C=O) groups excluding carboxylic acids is 3. The van der Waals surface area contributed by atoms with E-state index in [0.29, 0.717) is 6.42 Å². The topological polar surface area (TPSA) is 114 Å². The molecule has 9 nitrogen and oxygen atoms in total. The van der Waals surface area contributed by atoms with Gasteiger partial charge in [-0.1, -0.05) is 65.1 Å². The zero-order valence-corrected chi connectivity index (χ0v) is 21.6. The molecule has 1 atom stereocenters. The normalized spacial score (nSPS) is 15.2. The Morgan fingerprint density at radius 2 is 1.83 bits per heavy atom. The highest BCUT2D eigenvalue weighted by molar-refractivity contribution is 6.67. The molecule has 1 heterocycles. The van der Waals surface area contributed by atoms with Crippen LogP contribution in [0.3, 0.4) is 0 Å². The van der Waals surface area contributed by atoms with Gasteiger partial charge in [-0.25, -0.2) is 4.79 Å². The molecule has 2 amide bonds. The summed E-state index contributed by atoms with van der Waals surface area (Å²) in [6.07, 6.45) is 1.05. The number of halogens is 3. The fourth-order valence-electron chi connectivity index (χ4n) is 3.57. The third-order valence-corrected chi connectivity index (χ3v) is 5.45. The molecule has 0 aliphatic carbocycles. The molecule has 1 aliphatic rings. The molecule has 192 valence electrons. The summed E-state index contributed by atoms with van der Waals surface area (Å²) in [5.41, 5.74) is 1.69. The molecule has 0 radical (unpaired) electrons. The minimum atomic E-state index is -1.85. The van der Waals surface area contributed by atoms with Crippen LogP contribution in [0.2, 0.25) is 0 Å². The molecule has 2 N–H and O–H groups in total. The van der Waals surface area contributed by atoms with E-state index in [4.69, 9.17) is 49.0 Å². The van der Waals surface area contributed by atoms with Crippen LogP contribution in [0.5, 0.6) is 11.5 Å². The molecule has 0 fully saturated rings. The molecular weight excluding hydrogens is 535 g/mol. The van der Waals surface area contributed by atoms with Crippen LogP contribution >= 0.6 is 34.8 Å². The van der Waals surface area contributed by atoms with Crippen LogP contribution in [0, 0.1) is 0 Å². The number of alkyl halides is 3. The number of carbonyl (C=O) groups is 3. The van der Waals surface area contributed by atoms with E-state index in [1.165, 1.54) is 31.1 Å². The summed E-state index contributed by atoms with van der Waals surface area (Å²) < 4.78 is 13.5. The lowest BCUT2D eigenvalue weighted by atomic mass is 10.0. The Balaban J connectivity index is 2.01. The van der Waals surface area contributed by atoms with Gasteiger partial charge >= 0.3 is 12.1 Å². The number of nitrogens with zero attached hydrogens (tertiary/aromatic N) is 1. The maximum absolute atomic E-state index is 13.7. The van der Waals surface area contributed by atoms with Crippen LogP contribution in [0.25, 0.3) is 5.57 Å². The van der Waals surface area contributed by atoms with Crippen molar-refractivity contribution in [2.45, 2.75) is 23.2 Å². The highest BCUT2D eigenvalue weighted by Gasteiger charge is 2.32. The highest BCUT2D eigenvalue weighted by Crippen LogP contribution is 2.37. The Bertz CT molecular complexity index is 1170. The van der Waals surface area contributed by atoms with Gasteiger partial charge < -0.3 is 24.2 Å². The predicted molar refractivity (Wildman–Crippen MR) is 136 cm³/mol. The largest absolute Gasteiger partial charge is 0.493 e. The number of esters is 1. The summed E-state index contributed by atoms with van der Waals surface area (Å²) in [6.45, 7) is 0.337. The van der Waals surface area contributed by atoms with Crippen LogP contribution in [0.15, 0.2) is 48.7 Å². The van der Waals surface area contributed by atoms with Crippen molar-refractivity contribution in [3.05, 3.63) is 59.8 Å². The molecule has 0 saturated carbocycles. The van der Waals surface area contributed by atoms with Gasteiger partial charge in [-0.2, -0.15) is 0 Å². The van der Waals surface area contributed by atoms with E-state index < -0.39 is 34.4 Å². The van der Waals surface area contributed by atoms with E-state index in [1.807, 2.05) is 30.3 Å². The lowest BCUT2D eigenvalue weighted by Gasteiger charge is -2.24. The first-order valence-corrected chi connectivity index (χ1v) is 11.8. The number of ether oxygens (including phenoxy) is 3. The molecule has 0 saturated heterocycles. The number of rotatable bonds is 7. The van der Waals surface area contributed by atoms with Crippen molar-refractivity contribution >= 4 is 64.0 Å². The van der Waals surface area contributed by atoms with Gasteiger partial charge in [-0.15, -0.1) is 0 Å². The third kappa shape index (κ3) is 7.04. The Kier molecular flexibility index (Phi) is 9.08. The average Bonchev–Trinajstić information content (AvgIpc) is 3.27. The van der Waals surface area contributed by atoms with Gasteiger partial charge in [0.15, 0.2) is 11.5 Å². The molecule has 2 aromatic rings. The SMILES string of the molecule is COc1cc(C(=O)N2C=C(c3ccccc3)C[C@H]2CO)c(NC(=O)OCC(Cl)(Cl)Cl)cc1OC(C)=O. The summed E-state index contributed by atoms with van der Waals surface area (Å²) in [4.78, 5) is 39.0. The number of nitrogens with one attached hydrogen (secondary N) is 1. The fraction of sp³-hybridized carbons (Fsp3) is 0.292. The van der Waals surface area contributed by atoms with E-state index in [1.54, 1.807) is 6.20 Å². The van der Waals surface area contributed by atoms with Crippen molar-refractivity contribution in [3.63, 3.8) is 0 Å². The van der Waals surface area contributed by atoms with Crippen LogP contribution in [0.4, 0.5) is 10.5 Å². The van der Waals surface area contributed by atoms with Crippen molar-refractivity contribution in [1.82, 2.24) is 4.90 Å². The number of amides is 2. The number of hydrogen-bond donors (Lipinski definition) is 2. The second-order valence-electron chi connectivity index (χ2n) is 7.73. The van der Waals surface area contributed by atoms with Crippen molar-refractivity contribution in [2.24, 2.45) is 0 Å². The van der Waals surface area contributed by atoms with Gasteiger partial charge in [0.1, 0.15) is 6.61 Å². The minimum Gasteiger partial charge on any atom is -0.493 e. The van der Waals surface area contributed by atoms with Crippen molar-refractivity contribution < 1.29 is 33.7 Å². The van der Waals surface area contributed by atoms with Gasteiger partial charge in [-0.05, 0) is 23.6 Å². The number of aliphatic hydroxyl groups excluding tert-OH is 1. The van der Waals surface area contributed by atoms with E-state index >= 15 is 0 Å². The maximum atomic E-state index is 13.7. The van der Waals surface area contributed by atoms with Crippen LogP contribution < -0.4 is 14.8 Å². The zero-order chi connectivity index (χ0) is 26.5. The monoisotopic (exact) mass is 556 g/mol. The summed E-state index contributed by atoms with van der Waals surface area (Å²) in [5, 5.41) is 12.4. The van der Waals surface area contributed by atoms with Crippen molar-refractivity contribution in [1.29, 1.82) is 0 Å². The van der Waals surface area contributed by atoms with Gasteiger partial charge in [-0.3, -0.25) is 14.9 Å². The molecular formula is C24H23Cl3N2O7. The van der Waals surface area contributed by atoms with E-state index in [2.05, 4.69) is 5.32 Å². The molecule has 3 rings (SSSR count). The molecule has 0 spiro atoms. The minimum absolute atomic E-state index is 0.0161. The summed E-state index contributed by atoms with van der Waals surface area (Å²) >= 11 is 16.9. The fourth-order valence-corrected chi connectivity index (χ4v) is 3.73. The first-order valence-electron chi connectivity index (χ1n) is 10.6. The van der Waals surface area contributed by atoms with Crippen LogP contribution in [-0.4, -0.2) is 58.1 Å². The number of methoxy groups -OCH3 is 1. The van der Waals surface area contributed by atoms with Gasteiger partial charge in [0.25, 0.3) is 5.91 Å². The van der Waals surface area contributed by atoms with Crippen LogP contribution in [-0.2, 0) is 9.53 Å². The standard InChI is InChI=1S/C24H23Cl3N2O7/c1-14(31)36-21-10-19(28-23(33)35-13-24(25,26)27)18(9-20(21)34-2)22(32)29-11-16(8-17(29)12-30)15-6-4-3-5-7-15/h3-7,9-11,17,30H,8,12-13H2,1-2H3,(H,28,33)/t17-/m0/s1. The molecule has 12 heteroatoms. The Morgan fingerprint density at radius 1 is 1.14 bits per heavy atom. The molecule has 0 aromatic heterocycles. The lowest BCUT2D eigenvalue weighted by molar-refractivity contribution is -0.132.